The molecule has 0 unspecified atom stereocenters. The summed E-state index contributed by atoms with van der Waals surface area (Å²) in [5.74, 6) is 0. The number of rotatable bonds is 5. The molecule has 90 valence electrons. The summed E-state index contributed by atoms with van der Waals surface area (Å²) in [6.45, 7) is 6.87. The molecule has 2 aromatic heterocycles. The van der Waals surface area contributed by atoms with Crippen LogP contribution >= 0.6 is 0 Å². The Morgan fingerprint density at radius 1 is 1.29 bits per heavy atom. The molecule has 2 heterocycles. The van der Waals surface area contributed by atoms with Crippen LogP contribution in [-0.4, -0.2) is 21.1 Å². The Morgan fingerprint density at radius 3 is 2.94 bits per heavy atom. The summed E-state index contributed by atoms with van der Waals surface area (Å²) in [7, 11) is 0. The van der Waals surface area contributed by atoms with Crippen molar-refractivity contribution in [2.45, 2.75) is 26.9 Å². The van der Waals surface area contributed by atoms with Crippen molar-refractivity contribution < 1.29 is 0 Å². The molecule has 0 radical (unpaired) electrons. The lowest BCUT2D eigenvalue weighted by atomic mass is 10.1. The van der Waals surface area contributed by atoms with Crippen molar-refractivity contribution in [1.29, 1.82) is 0 Å². The van der Waals surface area contributed by atoms with E-state index in [0.29, 0.717) is 0 Å². The lowest BCUT2D eigenvalue weighted by molar-refractivity contribution is 0.655. The minimum absolute atomic E-state index is 0.834. The second-order valence-corrected chi connectivity index (χ2v) is 4.10. The molecule has 0 amide bonds. The molecule has 4 nitrogen and oxygen atoms in total. The maximum atomic E-state index is 4.20. The van der Waals surface area contributed by atoms with Gasteiger partial charge in [0.2, 0.25) is 0 Å². The van der Waals surface area contributed by atoms with E-state index in [1.807, 2.05) is 31.0 Å². The maximum Gasteiger partial charge on any atom is 0.0951 e. The van der Waals surface area contributed by atoms with Crippen LogP contribution in [0.4, 0.5) is 0 Å². The molecule has 0 aliphatic carbocycles. The highest BCUT2D eigenvalue weighted by Crippen LogP contribution is 2.09. The summed E-state index contributed by atoms with van der Waals surface area (Å²) in [4.78, 5) is 8.37. The summed E-state index contributed by atoms with van der Waals surface area (Å²) in [6, 6.07) is 2.04. The highest BCUT2D eigenvalue weighted by Gasteiger charge is 2.04. The summed E-state index contributed by atoms with van der Waals surface area (Å²) < 4.78 is 2.16. The van der Waals surface area contributed by atoms with Crippen molar-refractivity contribution >= 4 is 0 Å². The summed E-state index contributed by atoms with van der Waals surface area (Å²) in [6.07, 6.45) is 7.53. The molecule has 0 atom stereocenters. The predicted octanol–water partition coefficient (Wildman–Crippen LogP) is 1.74. The average Bonchev–Trinajstić information content (AvgIpc) is 2.77. The van der Waals surface area contributed by atoms with Crippen LogP contribution in [0.2, 0.25) is 0 Å². The van der Waals surface area contributed by atoms with Crippen molar-refractivity contribution in [3.8, 4) is 0 Å². The van der Waals surface area contributed by atoms with Crippen LogP contribution in [0.3, 0.4) is 0 Å². The van der Waals surface area contributed by atoms with Gasteiger partial charge in [0.15, 0.2) is 0 Å². The fourth-order valence-corrected chi connectivity index (χ4v) is 1.74. The molecular weight excluding hydrogens is 212 g/mol. The molecule has 4 heteroatoms. The quantitative estimate of drug-likeness (QED) is 0.851. The third-order valence-electron chi connectivity index (χ3n) is 2.84. The Hall–Kier alpha value is -1.68. The number of nitrogens with zero attached hydrogens (tertiary/aromatic N) is 3. The monoisotopic (exact) mass is 230 g/mol. The average molecular weight is 230 g/mol. The Labute approximate surface area is 102 Å². The van der Waals surface area contributed by atoms with Gasteiger partial charge >= 0.3 is 0 Å². The minimum atomic E-state index is 0.834. The van der Waals surface area contributed by atoms with E-state index in [2.05, 4.69) is 33.7 Å². The maximum absolute atomic E-state index is 4.20. The Morgan fingerprint density at radius 2 is 2.18 bits per heavy atom. The molecule has 0 spiro atoms. The number of hydrogen-bond acceptors (Lipinski definition) is 3. The third kappa shape index (κ3) is 2.91. The normalized spacial score (nSPS) is 10.7. The smallest absolute Gasteiger partial charge is 0.0951 e. The molecule has 0 bridgehead atoms. The second kappa shape index (κ2) is 5.59. The molecule has 2 aromatic rings. The summed E-state index contributed by atoms with van der Waals surface area (Å²) in [5.41, 5.74) is 3.71. The van der Waals surface area contributed by atoms with E-state index in [-0.39, 0.29) is 0 Å². The summed E-state index contributed by atoms with van der Waals surface area (Å²) >= 11 is 0. The van der Waals surface area contributed by atoms with E-state index in [0.717, 1.165) is 19.6 Å². The number of pyridine rings is 1. The summed E-state index contributed by atoms with van der Waals surface area (Å²) in [5, 5.41) is 3.31. The van der Waals surface area contributed by atoms with Gasteiger partial charge in [0, 0.05) is 25.1 Å². The minimum Gasteiger partial charge on any atom is -0.329 e. The van der Waals surface area contributed by atoms with E-state index < -0.39 is 0 Å². The molecule has 0 aliphatic heterocycles. The highest BCUT2D eigenvalue weighted by atomic mass is 15.1. The fourth-order valence-electron chi connectivity index (χ4n) is 1.74. The fraction of sp³-hybridized carbons (Fsp3) is 0.385. The van der Waals surface area contributed by atoms with Gasteiger partial charge in [-0.25, -0.2) is 4.98 Å². The van der Waals surface area contributed by atoms with E-state index in [1.54, 1.807) is 0 Å². The molecule has 1 N–H and O–H groups in total. The van der Waals surface area contributed by atoms with Gasteiger partial charge in [0.1, 0.15) is 0 Å². The zero-order chi connectivity index (χ0) is 12.1. The zero-order valence-corrected chi connectivity index (χ0v) is 10.3. The number of aromatic nitrogens is 3. The van der Waals surface area contributed by atoms with E-state index in [1.165, 1.54) is 16.8 Å². The molecular formula is C13H18N4. The molecule has 0 aromatic carbocycles. The first kappa shape index (κ1) is 11.8. The molecule has 0 aliphatic rings. The van der Waals surface area contributed by atoms with Gasteiger partial charge in [0.05, 0.1) is 18.6 Å². The number of imidazole rings is 1. The first-order valence-corrected chi connectivity index (χ1v) is 5.90. The third-order valence-corrected chi connectivity index (χ3v) is 2.84. The van der Waals surface area contributed by atoms with Gasteiger partial charge in [-0.1, -0.05) is 6.92 Å². The lowest BCUT2D eigenvalue weighted by Gasteiger charge is -2.10. The first-order chi connectivity index (χ1) is 8.31. The van der Waals surface area contributed by atoms with Gasteiger partial charge in [-0.3, -0.25) is 4.98 Å². The lowest BCUT2D eigenvalue weighted by Crippen LogP contribution is -2.15. The van der Waals surface area contributed by atoms with Gasteiger partial charge in [-0.05, 0) is 30.7 Å². The van der Waals surface area contributed by atoms with Crippen LogP contribution < -0.4 is 5.32 Å². The van der Waals surface area contributed by atoms with Gasteiger partial charge in [-0.15, -0.1) is 0 Å². The number of nitrogens with one attached hydrogen (secondary N) is 1. The van der Waals surface area contributed by atoms with Crippen LogP contribution in [-0.2, 0) is 13.1 Å². The molecule has 0 saturated carbocycles. The zero-order valence-electron chi connectivity index (χ0n) is 10.3. The van der Waals surface area contributed by atoms with Crippen molar-refractivity contribution in [3.05, 3.63) is 47.8 Å². The van der Waals surface area contributed by atoms with E-state index >= 15 is 0 Å². The Bertz CT molecular complexity index is 476. The molecule has 2 rings (SSSR count). The second-order valence-electron chi connectivity index (χ2n) is 4.10. The van der Waals surface area contributed by atoms with Gasteiger partial charge < -0.3 is 9.88 Å². The largest absolute Gasteiger partial charge is 0.329 e. The van der Waals surface area contributed by atoms with Crippen LogP contribution in [0.1, 0.15) is 23.7 Å². The SMILES string of the molecule is CCNCc1cncn1Cc1cnccc1C. The molecule has 0 fully saturated rings. The van der Waals surface area contributed by atoms with Crippen LogP contribution in [0, 0.1) is 6.92 Å². The van der Waals surface area contributed by atoms with Crippen LogP contribution in [0.15, 0.2) is 31.0 Å². The number of hydrogen-bond donors (Lipinski definition) is 1. The first-order valence-electron chi connectivity index (χ1n) is 5.90. The van der Waals surface area contributed by atoms with Crippen molar-refractivity contribution in [2.75, 3.05) is 6.54 Å². The topological polar surface area (TPSA) is 42.7 Å². The Balaban J connectivity index is 2.13. The standard InChI is InChI=1S/C13H18N4/c1-3-14-7-13-8-16-10-17(13)9-12-6-15-5-4-11(12)2/h4-6,8,10,14H,3,7,9H2,1-2H3. The van der Waals surface area contributed by atoms with Crippen molar-refractivity contribution in [3.63, 3.8) is 0 Å². The van der Waals surface area contributed by atoms with E-state index in [9.17, 15) is 0 Å². The van der Waals surface area contributed by atoms with Gasteiger partial charge in [-0.2, -0.15) is 0 Å². The molecule has 17 heavy (non-hydrogen) atoms. The van der Waals surface area contributed by atoms with E-state index in [4.69, 9.17) is 0 Å². The van der Waals surface area contributed by atoms with Crippen molar-refractivity contribution in [2.24, 2.45) is 0 Å². The predicted molar refractivity (Wildman–Crippen MR) is 67.7 cm³/mol. The Kier molecular flexibility index (Phi) is 3.88. The van der Waals surface area contributed by atoms with Crippen LogP contribution in [0.5, 0.6) is 0 Å². The highest BCUT2D eigenvalue weighted by molar-refractivity contribution is 5.22. The van der Waals surface area contributed by atoms with Crippen molar-refractivity contribution in [1.82, 2.24) is 19.9 Å². The number of aryl methyl sites for hydroxylation is 1. The van der Waals surface area contributed by atoms with Gasteiger partial charge in [0.25, 0.3) is 0 Å². The molecule has 0 saturated heterocycles. The van der Waals surface area contributed by atoms with Crippen LogP contribution in [0.25, 0.3) is 0 Å².